The number of carbonyl (C=O) groups is 1. The highest BCUT2D eigenvalue weighted by atomic mass is 16.5. The van der Waals surface area contributed by atoms with Gasteiger partial charge in [0.1, 0.15) is 0 Å². The maximum absolute atomic E-state index is 12.6. The average Bonchev–Trinajstić information content (AvgIpc) is 2.62. The highest BCUT2D eigenvalue weighted by molar-refractivity contribution is 5.79. The summed E-state index contributed by atoms with van der Waals surface area (Å²) in [6.07, 6.45) is 3.59. The van der Waals surface area contributed by atoms with E-state index in [1.54, 1.807) is 19.4 Å². The molecule has 22 heavy (non-hydrogen) atoms. The van der Waals surface area contributed by atoms with Crippen LogP contribution in [0.15, 0.2) is 12.3 Å². The summed E-state index contributed by atoms with van der Waals surface area (Å²) >= 11 is 0. The SMILES string of the molecule is COc1ccnc(N2CCCC(C(=O)N3CCOCC3)C2)n1. The molecule has 1 aromatic rings. The molecule has 120 valence electrons. The molecule has 7 heteroatoms. The van der Waals surface area contributed by atoms with Crippen LogP contribution in [0.25, 0.3) is 0 Å². The highest BCUT2D eigenvalue weighted by Crippen LogP contribution is 2.23. The predicted octanol–water partition coefficient (Wildman–Crippen LogP) is 0.560. The van der Waals surface area contributed by atoms with Gasteiger partial charge in [0, 0.05) is 38.4 Å². The lowest BCUT2D eigenvalue weighted by atomic mass is 9.96. The van der Waals surface area contributed by atoms with E-state index in [-0.39, 0.29) is 11.8 Å². The molecule has 1 atom stereocenters. The van der Waals surface area contributed by atoms with Gasteiger partial charge in [0.25, 0.3) is 0 Å². The minimum absolute atomic E-state index is 0.0154. The van der Waals surface area contributed by atoms with Gasteiger partial charge in [-0.2, -0.15) is 4.98 Å². The van der Waals surface area contributed by atoms with E-state index in [9.17, 15) is 4.79 Å². The molecule has 0 aromatic carbocycles. The number of amides is 1. The second kappa shape index (κ2) is 6.91. The third kappa shape index (κ3) is 3.30. The van der Waals surface area contributed by atoms with Crippen LogP contribution in [0.2, 0.25) is 0 Å². The first-order chi connectivity index (χ1) is 10.8. The monoisotopic (exact) mass is 306 g/mol. The lowest BCUT2D eigenvalue weighted by Gasteiger charge is -2.36. The van der Waals surface area contributed by atoms with Crippen molar-refractivity contribution in [3.63, 3.8) is 0 Å². The maximum Gasteiger partial charge on any atom is 0.228 e. The third-order valence-electron chi connectivity index (χ3n) is 4.20. The minimum Gasteiger partial charge on any atom is -0.481 e. The number of carbonyl (C=O) groups excluding carboxylic acids is 1. The molecule has 2 fully saturated rings. The molecule has 7 nitrogen and oxygen atoms in total. The summed E-state index contributed by atoms with van der Waals surface area (Å²) < 4.78 is 10.5. The van der Waals surface area contributed by atoms with Crippen molar-refractivity contribution in [2.45, 2.75) is 12.8 Å². The first kappa shape index (κ1) is 15.0. The topological polar surface area (TPSA) is 67.8 Å². The molecule has 2 aliphatic rings. The van der Waals surface area contributed by atoms with Crippen LogP contribution < -0.4 is 9.64 Å². The standard InChI is InChI=1S/C15H22N4O3/c1-21-13-4-5-16-15(17-13)19-6-2-3-12(11-19)14(20)18-7-9-22-10-8-18/h4-5,12H,2-3,6-11H2,1H3. The zero-order chi connectivity index (χ0) is 15.4. The van der Waals surface area contributed by atoms with E-state index < -0.39 is 0 Å². The summed E-state index contributed by atoms with van der Waals surface area (Å²) in [5.74, 6) is 1.43. The van der Waals surface area contributed by atoms with Crippen molar-refractivity contribution in [1.82, 2.24) is 14.9 Å². The number of anilines is 1. The predicted molar refractivity (Wildman–Crippen MR) is 80.9 cm³/mol. The molecule has 2 saturated heterocycles. The van der Waals surface area contributed by atoms with Crippen molar-refractivity contribution in [3.8, 4) is 5.88 Å². The first-order valence-corrected chi connectivity index (χ1v) is 7.76. The Balaban J connectivity index is 1.66. The Morgan fingerprint density at radius 2 is 2.18 bits per heavy atom. The van der Waals surface area contributed by atoms with Gasteiger partial charge in [-0.15, -0.1) is 0 Å². The second-order valence-corrected chi connectivity index (χ2v) is 5.62. The van der Waals surface area contributed by atoms with Gasteiger partial charge < -0.3 is 19.3 Å². The molecule has 1 unspecified atom stereocenters. The quantitative estimate of drug-likeness (QED) is 0.813. The van der Waals surface area contributed by atoms with Crippen molar-refractivity contribution in [3.05, 3.63) is 12.3 Å². The van der Waals surface area contributed by atoms with Crippen LogP contribution >= 0.6 is 0 Å². The summed E-state index contributed by atoms with van der Waals surface area (Å²) in [5.41, 5.74) is 0. The highest BCUT2D eigenvalue weighted by Gasteiger charge is 2.31. The molecule has 2 aliphatic heterocycles. The Bertz CT molecular complexity index is 519. The zero-order valence-corrected chi connectivity index (χ0v) is 12.9. The Kier molecular flexibility index (Phi) is 4.72. The van der Waals surface area contributed by atoms with Crippen molar-refractivity contribution in [2.75, 3.05) is 51.4 Å². The molecular formula is C15H22N4O3. The molecular weight excluding hydrogens is 284 g/mol. The molecule has 0 spiro atoms. The van der Waals surface area contributed by atoms with E-state index in [0.29, 0.717) is 44.7 Å². The zero-order valence-electron chi connectivity index (χ0n) is 12.9. The minimum atomic E-state index is 0.0154. The van der Waals surface area contributed by atoms with Crippen LogP contribution in [-0.2, 0) is 9.53 Å². The lowest BCUT2D eigenvalue weighted by molar-refractivity contribution is -0.139. The maximum atomic E-state index is 12.6. The van der Waals surface area contributed by atoms with E-state index in [2.05, 4.69) is 14.9 Å². The number of methoxy groups -OCH3 is 1. The van der Waals surface area contributed by atoms with Gasteiger partial charge in [-0.1, -0.05) is 0 Å². The van der Waals surface area contributed by atoms with Gasteiger partial charge in [0.2, 0.25) is 17.7 Å². The lowest BCUT2D eigenvalue weighted by Crippen LogP contribution is -2.48. The number of ether oxygens (including phenoxy) is 2. The Morgan fingerprint density at radius 1 is 1.36 bits per heavy atom. The fraction of sp³-hybridized carbons (Fsp3) is 0.667. The average molecular weight is 306 g/mol. The molecule has 0 aliphatic carbocycles. The number of rotatable bonds is 3. The molecule has 1 aromatic heterocycles. The smallest absolute Gasteiger partial charge is 0.228 e. The van der Waals surface area contributed by atoms with E-state index in [0.717, 1.165) is 19.4 Å². The molecule has 3 rings (SSSR count). The molecule has 0 bridgehead atoms. The summed E-state index contributed by atoms with van der Waals surface area (Å²) in [5, 5.41) is 0. The van der Waals surface area contributed by atoms with Crippen LogP contribution in [-0.4, -0.2) is 67.3 Å². The fourth-order valence-electron chi connectivity index (χ4n) is 3.00. The number of aromatic nitrogens is 2. The van der Waals surface area contributed by atoms with Gasteiger partial charge >= 0.3 is 0 Å². The summed E-state index contributed by atoms with van der Waals surface area (Å²) in [6, 6.07) is 1.73. The van der Waals surface area contributed by atoms with Crippen LogP contribution in [0.4, 0.5) is 5.95 Å². The van der Waals surface area contributed by atoms with E-state index in [4.69, 9.17) is 9.47 Å². The first-order valence-electron chi connectivity index (χ1n) is 7.76. The van der Waals surface area contributed by atoms with Crippen molar-refractivity contribution in [2.24, 2.45) is 5.92 Å². The Labute approximate surface area is 130 Å². The number of piperidine rings is 1. The van der Waals surface area contributed by atoms with Crippen LogP contribution in [0.1, 0.15) is 12.8 Å². The van der Waals surface area contributed by atoms with Gasteiger partial charge in [-0.25, -0.2) is 4.98 Å². The fourth-order valence-corrected chi connectivity index (χ4v) is 3.00. The van der Waals surface area contributed by atoms with Crippen LogP contribution in [0, 0.1) is 5.92 Å². The second-order valence-electron chi connectivity index (χ2n) is 5.62. The van der Waals surface area contributed by atoms with Gasteiger partial charge in [0.15, 0.2) is 0 Å². The van der Waals surface area contributed by atoms with Crippen LogP contribution in [0.3, 0.4) is 0 Å². The normalized spacial score (nSPS) is 22.5. The third-order valence-corrected chi connectivity index (χ3v) is 4.20. The number of hydrogen-bond acceptors (Lipinski definition) is 6. The Hall–Kier alpha value is -1.89. The van der Waals surface area contributed by atoms with Crippen LogP contribution in [0.5, 0.6) is 5.88 Å². The van der Waals surface area contributed by atoms with Crippen molar-refractivity contribution >= 4 is 11.9 Å². The molecule has 3 heterocycles. The molecule has 0 radical (unpaired) electrons. The molecule has 0 N–H and O–H groups in total. The van der Waals surface area contributed by atoms with E-state index in [1.165, 1.54) is 0 Å². The number of morpholine rings is 1. The van der Waals surface area contributed by atoms with Gasteiger partial charge in [-0.05, 0) is 12.8 Å². The van der Waals surface area contributed by atoms with Crippen molar-refractivity contribution in [1.29, 1.82) is 0 Å². The summed E-state index contributed by atoms with van der Waals surface area (Å²) in [6.45, 7) is 4.22. The number of hydrogen-bond donors (Lipinski definition) is 0. The van der Waals surface area contributed by atoms with Gasteiger partial charge in [0.05, 0.1) is 26.2 Å². The van der Waals surface area contributed by atoms with E-state index >= 15 is 0 Å². The van der Waals surface area contributed by atoms with E-state index in [1.807, 2.05) is 4.90 Å². The largest absolute Gasteiger partial charge is 0.481 e. The Morgan fingerprint density at radius 3 is 2.95 bits per heavy atom. The molecule has 0 saturated carbocycles. The summed E-state index contributed by atoms with van der Waals surface area (Å²) in [4.78, 5) is 25.3. The molecule has 1 amide bonds. The van der Waals surface area contributed by atoms with Gasteiger partial charge in [-0.3, -0.25) is 4.79 Å². The number of nitrogens with zero attached hydrogens (tertiary/aromatic N) is 4. The van der Waals surface area contributed by atoms with Crippen molar-refractivity contribution < 1.29 is 14.3 Å². The summed E-state index contributed by atoms with van der Waals surface area (Å²) in [7, 11) is 1.59.